The van der Waals surface area contributed by atoms with Crippen LogP contribution in [0.1, 0.15) is 12.5 Å². The van der Waals surface area contributed by atoms with Gasteiger partial charge in [0.25, 0.3) is 0 Å². The van der Waals surface area contributed by atoms with Gasteiger partial charge >= 0.3 is 0 Å². The molecule has 6 nitrogen and oxygen atoms in total. The number of oxazole rings is 1. The van der Waals surface area contributed by atoms with Crippen molar-refractivity contribution >= 4 is 33.0 Å². The Bertz CT molecular complexity index is 1310. The molecule has 0 saturated heterocycles. The molecule has 0 aliphatic carbocycles. The molecule has 4 rings (SSSR count). The van der Waals surface area contributed by atoms with Crippen LogP contribution in [0.2, 0.25) is 5.02 Å². The fourth-order valence-corrected chi connectivity index (χ4v) is 4.43. The molecule has 8 heteroatoms. The Hall–Kier alpha value is -3.29. The molecule has 0 aliphatic heterocycles. The third-order valence-electron chi connectivity index (χ3n) is 4.70. The van der Waals surface area contributed by atoms with Crippen molar-refractivity contribution in [1.82, 2.24) is 4.98 Å². The highest BCUT2D eigenvalue weighted by atomic mass is 35.5. The zero-order chi connectivity index (χ0) is 22.7. The number of aryl methyl sites for hydroxylation is 1. The van der Waals surface area contributed by atoms with E-state index in [4.69, 9.17) is 20.8 Å². The minimum absolute atomic E-state index is 0.0275. The first kappa shape index (κ1) is 21.9. The molecule has 0 fully saturated rings. The number of aromatic nitrogens is 1. The van der Waals surface area contributed by atoms with E-state index >= 15 is 0 Å². The van der Waals surface area contributed by atoms with E-state index in [1.54, 1.807) is 24.3 Å². The molecule has 164 valence electrons. The summed E-state index contributed by atoms with van der Waals surface area (Å²) in [5, 5.41) is 3.28. The third kappa shape index (κ3) is 4.64. The first-order chi connectivity index (χ1) is 15.4. The molecule has 0 spiro atoms. The third-order valence-corrected chi connectivity index (χ3v) is 6.63. The maximum absolute atomic E-state index is 13.4. The first-order valence-electron chi connectivity index (χ1n) is 9.95. The summed E-state index contributed by atoms with van der Waals surface area (Å²) in [5.41, 5.74) is 2.37. The summed E-state index contributed by atoms with van der Waals surface area (Å²) < 4.78 is 38.1. The molecule has 1 aromatic heterocycles. The number of benzene rings is 3. The SMILES string of the molecule is CCOc1ccc(Nc2oc(-c3ccc(C)cc3)nc2S(=O)(=O)c2ccc(Cl)cc2)cc1. The number of rotatable bonds is 7. The molecule has 0 bridgehead atoms. The van der Waals surface area contributed by atoms with Gasteiger partial charge < -0.3 is 14.5 Å². The van der Waals surface area contributed by atoms with E-state index < -0.39 is 9.84 Å². The number of ether oxygens (including phenoxy) is 1. The van der Waals surface area contributed by atoms with Gasteiger partial charge in [0.2, 0.25) is 26.6 Å². The molecular weight excluding hydrogens is 448 g/mol. The zero-order valence-corrected chi connectivity index (χ0v) is 19.1. The van der Waals surface area contributed by atoms with Crippen molar-refractivity contribution in [2.45, 2.75) is 23.8 Å². The number of halogens is 1. The van der Waals surface area contributed by atoms with Crippen LogP contribution in [0, 0.1) is 6.92 Å². The zero-order valence-electron chi connectivity index (χ0n) is 17.5. The van der Waals surface area contributed by atoms with Crippen LogP contribution in [0.3, 0.4) is 0 Å². The molecule has 0 radical (unpaired) electrons. The molecule has 4 aromatic rings. The van der Waals surface area contributed by atoms with Crippen LogP contribution in [0.5, 0.6) is 5.75 Å². The highest BCUT2D eigenvalue weighted by Crippen LogP contribution is 2.34. The predicted molar refractivity (Wildman–Crippen MR) is 124 cm³/mol. The lowest BCUT2D eigenvalue weighted by Crippen LogP contribution is -2.05. The van der Waals surface area contributed by atoms with E-state index in [9.17, 15) is 8.42 Å². The molecule has 3 aromatic carbocycles. The Morgan fingerprint density at radius 2 is 1.62 bits per heavy atom. The molecular formula is C24H21ClN2O4S. The summed E-state index contributed by atoms with van der Waals surface area (Å²) in [6.45, 7) is 4.42. The number of nitrogens with one attached hydrogen (secondary N) is 1. The molecule has 0 saturated carbocycles. The lowest BCUT2D eigenvalue weighted by Gasteiger charge is -2.08. The topological polar surface area (TPSA) is 81.4 Å². The van der Waals surface area contributed by atoms with Gasteiger partial charge in [-0.05, 0) is 74.5 Å². The second-order valence-electron chi connectivity index (χ2n) is 7.06. The van der Waals surface area contributed by atoms with E-state index in [1.165, 1.54) is 24.3 Å². The predicted octanol–water partition coefficient (Wildman–Crippen LogP) is 6.28. The van der Waals surface area contributed by atoms with Crippen LogP contribution < -0.4 is 10.1 Å². The Labute approximate surface area is 191 Å². The standard InChI is InChI=1S/C24H21ClN2O4S/c1-3-30-20-12-10-19(11-13-20)26-23-24(32(28,29)21-14-8-18(25)9-15-21)27-22(31-23)17-6-4-16(2)5-7-17/h4-15,26H,3H2,1-2H3. The summed E-state index contributed by atoms with van der Waals surface area (Å²) >= 11 is 5.93. The van der Waals surface area contributed by atoms with Gasteiger partial charge in [0.05, 0.1) is 11.5 Å². The summed E-state index contributed by atoms with van der Waals surface area (Å²) in [5.74, 6) is 0.940. The second-order valence-corrected chi connectivity index (χ2v) is 9.36. The Balaban J connectivity index is 1.78. The molecule has 0 amide bonds. The maximum atomic E-state index is 13.4. The van der Waals surface area contributed by atoms with Crippen molar-refractivity contribution in [2.75, 3.05) is 11.9 Å². The van der Waals surface area contributed by atoms with Gasteiger partial charge in [0, 0.05) is 16.3 Å². The average Bonchev–Trinajstić information content (AvgIpc) is 3.21. The summed E-state index contributed by atoms with van der Waals surface area (Å²) in [6.07, 6.45) is 0. The van der Waals surface area contributed by atoms with Crippen LogP contribution in [0.15, 0.2) is 87.1 Å². The van der Waals surface area contributed by atoms with Gasteiger partial charge in [0.15, 0.2) is 0 Å². The minimum Gasteiger partial charge on any atom is -0.494 e. The van der Waals surface area contributed by atoms with Crippen LogP contribution in [0.25, 0.3) is 11.5 Å². The van der Waals surface area contributed by atoms with Crippen LogP contribution in [0.4, 0.5) is 11.6 Å². The van der Waals surface area contributed by atoms with Crippen molar-refractivity contribution in [3.63, 3.8) is 0 Å². The fourth-order valence-electron chi connectivity index (χ4n) is 3.04. The number of hydrogen-bond acceptors (Lipinski definition) is 6. The van der Waals surface area contributed by atoms with Crippen molar-refractivity contribution in [1.29, 1.82) is 0 Å². The highest BCUT2D eigenvalue weighted by molar-refractivity contribution is 7.91. The molecule has 1 heterocycles. The quantitative estimate of drug-likeness (QED) is 0.344. The largest absolute Gasteiger partial charge is 0.494 e. The van der Waals surface area contributed by atoms with Gasteiger partial charge in [-0.15, -0.1) is 0 Å². The monoisotopic (exact) mass is 468 g/mol. The smallest absolute Gasteiger partial charge is 0.238 e. The van der Waals surface area contributed by atoms with Crippen LogP contribution in [-0.2, 0) is 9.84 Å². The van der Waals surface area contributed by atoms with E-state index in [0.717, 1.165) is 5.56 Å². The maximum Gasteiger partial charge on any atom is 0.238 e. The van der Waals surface area contributed by atoms with Crippen molar-refractivity contribution in [3.8, 4) is 17.2 Å². The fraction of sp³-hybridized carbons (Fsp3) is 0.125. The van der Waals surface area contributed by atoms with Crippen molar-refractivity contribution in [2.24, 2.45) is 0 Å². The second kappa shape index (κ2) is 9.06. The highest BCUT2D eigenvalue weighted by Gasteiger charge is 2.28. The lowest BCUT2D eigenvalue weighted by molar-refractivity contribution is 0.340. The number of sulfone groups is 1. The van der Waals surface area contributed by atoms with Gasteiger partial charge in [-0.3, -0.25) is 0 Å². The van der Waals surface area contributed by atoms with E-state index in [-0.39, 0.29) is 21.7 Å². The lowest BCUT2D eigenvalue weighted by atomic mass is 10.1. The van der Waals surface area contributed by atoms with E-state index in [1.807, 2.05) is 38.1 Å². The molecule has 0 aliphatic rings. The van der Waals surface area contributed by atoms with Gasteiger partial charge in [-0.1, -0.05) is 29.3 Å². The van der Waals surface area contributed by atoms with E-state index in [2.05, 4.69) is 10.3 Å². The Morgan fingerprint density at radius 3 is 2.25 bits per heavy atom. The van der Waals surface area contributed by atoms with Crippen molar-refractivity contribution in [3.05, 3.63) is 83.4 Å². The van der Waals surface area contributed by atoms with Gasteiger partial charge in [-0.2, -0.15) is 4.98 Å². The number of anilines is 2. The molecule has 1 N–H and O–H groups in total. The molecule has 0 unspecified atom stereocenters. The Morgan fingerprint density at radius 1 is 0.969 bits per heavy atom. The number of hydrogen-bond donors (Lipinski definition) is 1. The van der Waals surface area contributed by atoms with E-state index in [0.29, 0.717) is 28.6 Å². The van der Waals surface area contributed by atoms with Crippen molar-refractivity contribution < 1.29 is 17.6 Å². The molecule has 0 atom stereocenters. The summed E-state index contributed by atoms with van der Waals surface area (Å²) in [4.78, 5) is 4.42. The summed E-state index contributed by atoms with van der Waals surface area (Å²) in [7, 11) is -3.97. The Kier molecular flexibility index (Phi) is 6.21. The first-order valence-corrected chi connectivity index (χ1v) is 11.8. The average molecular weight is 469 g/mol. The van der Waals surface area contributed by atoms with Crippen LogP contribution in [-0.4, -0.2) is 20.0 Å². The van der Waals surface area contributed by atoms with Gasteiger partial charge in [0.1, 0.15) is 5.75 Å². The van der Waals surface area contributed by atoms with Gasteiger partial charge in [-0.25, -0.2) is 8.42 Å². The van der Waals surface area contributed by atoms with Crippen LogP contribution >= 0.6 is 11.6 Å². The molecule has 32 heavy (non-hydrogen) atoms. The minimum atomic E-state index is -3.97. The summed E-state index contributed by atoms with van der Waals surface area (Å²) in [6, 6.07) is 20.5. The number of nitrogens with zero attached hydrogens (tertiary/aromatic N) is 1. The normalized spacial score (nSPS) is 11.3.